The first-order valence-corrected chi connectivity index (χ1v) is 3.45. The molecule has 0 aliphatic carbocycles. The molecule has 0 fully saturated rings. The Morgan fingerprint density at radius 3 is 2.00 bits per heavy atom. The predicted molar refractivity (Wildman–Crippen MR) is 44.4 cm³/mol. The minimum absolute atomic E-state index is 0.169. The molecule has 0 radical (unpaired) electrons. The van der Waals surface area contributed by atoms with Crippen LogP contribution in [-0.4, -0.2) is 10.9 Å². The molecule has 0 aromatic carbocycles. The molecule has 4 heteroatoms. The largest absolute Gasteiger partial charge is 0.392 e. The lowest BCUT2D eigenvalue weighted by Gasteiger charge is -2.21. The maximum Gasteiger partial charge on any atom is 0.230 e. The molecule has 0 aliphatic rings. The molecule has 0 aliphatic heterocycles. The average Bonchev–Trinajstić information content (AvgIpc) is 1.85. The molecule has 0 aromatic heterocycles. The van der Waals surface area contributed by atoms with Gasteiger partial charge in [0.25, 0.3) is 0 Å². The van der Waals surface area contributed by atoms with Crippen LogP contribution in [0.1, 0.15) is 20.3 Å². The van der Waals surface area contributed by atoms with Crippen molar-refractivity contribution >= 4 is 23.1 Å². The van der Waals surface area contributed by atoms with Crippen LogP contribution in [0.2, 0.25) is 0 Å². The van der Waals surface area contributed by atoms with E-state index in [-0.39, 0.29) is 4.99 Å². The predicted octanol–water partition coefficient (Wildman–Crippen LogP) is 0.174. The van der Waals surface area contributed by atoms with Crippen LogP contribution in [0.15, 0.2) is 0 Å². The van der Waals surface area contributed by atoms with Crippen LogP contribution >= 0.6 is 12.2 Å². The van der Waals surface area contributed by atoms with Gasteiger partial charge in [0.15, 0.2) is 0 Å². The second-order valence-electron chi connectivity index (χ2n) is 2.41. The number of hydrogen-bond donors (Lipinski definition) is 2. The van der Waals surface area contributed by atoms with Crippen LogP contribution < -0.4 is 11.5 Å². The van der Waals surface area contributed by atoms with Gasteiger partial charge in [-0.3, -0.25) is 4.79 Å². The molecule has 1 amide bonds. The van der Waals surface area contributed by atoms with Gasteiger partial charge in [-0.2, -0.15) is 0 Å². The highest BCUT2D eigenvalue weighted by molar-refractivity contribution is 7.80. The number of hydrogen-bond acceptors (Lipinski definition) is 2. The van der Waals surface area contributed by atoms with E-state index >= 15 is 0 Å². The Morgan fingerprint density at radius 1 is 1.60 bits per heavy atom. The maximum absolute atomic E-state index is 10.7. The standard InChI is InChI=1S/C6H12N2OS/c1-3-6(2,4(7)9)5(8)10/h3H2,1-2H3,(H2,7,9)(H2,8,10). The quantitative estimate of drug-likeness (QED) is 0.578. The van der Waals surface area contributed by atoms with Gasteiger partial charge >= 0.3 is 0 Å². The summed E-state index contributed by atoms with van der Waals surface area (Å²) in [6.07, 6.45) is 0.553. The van der Waals surface area contributed by atoms with Gasteiger partial charge in [0.1, 0.15) is 0 Å². The number of rotatable bonds is 3. The number of carbonyl (C=O) groups excluding carboxylic acids is 1. The summed E-state index contributed by atoms with van der Waals surface area (Å²) in [4.78, 5) is 10.9. The molecule has 1 atom stereocenters. The third kappa shape index (κ3) is 1.44. The van der Waals surface area contributed by atoms with Gasteiger partial charge in [-0.15, -0.1) is 0 Å². The van der Waals surface area contributed by atoms with Crippen LogP contribution in [0.25, 0.3) is 0 Å². The molecule has 0 bridgehead atoms. The average molecular weight is 160 g/mol. The van der Waals surface area contributed by atoms with Crippen molar-refractivity contribution in [3.63, 3.8) is 0 Å². The number of primary amides is 1. The Hall–Kier alpha value is -0.640. The van der Waals surface area contributed by atoms with Crippen molar-refractivity contribution < 1.29 is 4.79 Å². The van der Waals surface area contributed by atoms with E-state index in [0.29, 0.717) is 6.42 Å². The van der Waals surface area contributed by atoms with Crippen molar-refractivity contribution in [2.24, 2.45) is 16.9 Å². The lowest BCUT2D eigenvalue weighted by Crippen LogP contribution is -2.43. The van der Waals surface area contributed by atoms with Crippen molar-refractivity contribution in [1.82, 2.24) is 0 Å². The summed E-state index contributed by atoms with van der Waals surface area (Å²) >= 11 is 4.68. The highest BCUT2D eigenvalue weighted by Crippen LogP contribution is 2.19. The second-order valence-corrected chi connectivity index (χ2v) is 2.85. The summed E-state index contributed by atoms with van der Waals surface area (Å²) in [5.74, 6) is -0.456. The normalized spacial score (nSPS) is 15.8. The zero-order valence-electron chi connectivity index (χ0n) is 6.18. The van der Waals surface area contributed by atoms with Gasteiger partial charge < -0.3 is 11.5 Å². The number of thiocarbonyl (C=S) groups is 1. The van der Waals surface area contributed by atoms with Crippen molar-refractivity contribution in [3.8, 4) is 0 Å². The zero-order chi connectivity index (χ0) is 8.36. The van der Waals surface area contributed by atoms with Gasteiger partial charge in [-0.1, -0.05) is 19.1 Å². The molecule has 58 valence electrons. The van der Waals surface area contributed by atoms with E-state index in [2.05, 4.69) is 12.2 Å². The van der Waals surface area contributed by atoms with Crippen LogP contribution in [-0.2, 0) is 4.79 Å². The van der Waals surface area contributed by atoms with Crippen molar-refractivity contribution in [1.29, 1.82) is 0 Å². The third-order valence-corrected chi connectivity index (χ3v) is 2.25. The van der Waals surface area contributed by atoms with Gasteiger partial charge in [0.05, 0.1) is 10.4 Å². The Kier molecular flexibility index (Phi) is 2.77. The summed E-state index contributed by atoms with van der Waals surface area (Å²) in [5, 5.41) is 0. The third-order valence-electron chi connectivity index (χ3n) is 1.79. The molecule has 3 nitrogen and oxygen atoms in total. The number of amides is 1. The van der Waals surface area contributed by atoms with Crippen molar-refractivity contribution in [2.45, 2.75) is 20.3 Å². The van der Waals surface area contributed by atoms with Crippen LogP contribution in [0.3, 0.4) is 0 Å². The van der Waals surface area contributed by atoms with Gasteiger partial charge in [0, 0.05) is 0 Å². The molecular weight excluding hydrogens is 148 g/mol. The van der Waals surface area contributed by atoms with Gasteiger partial charge in [0.2, 0.25) is 5.91 Å². The summed E-state index contributed by atoms with van der Waals surface area (Å²) in [6.45, 7) is 3.47. The van der Waals surface area contributed by atoms with E-state index in [1.54, 1.807) is 6.92 Å². The first-order valence-electron chi connectivity index (χ1n) is 3.05. The minimum atomic E-state index is -0.810. The molecule has 0 spiro atoms. The fraction of sp³-hybridized carbons (Fsp3) is 0.667. The first kappa shape index (κ1) is 9.36. The Labute approximate surface area is 65.8 Å². The summed E-state index contributed by atoms with van der Waals surface area (Å²) in [6, 6.07) is 0. The van der Waals surface area contributed by atoms with Crippen LogP contribution in [0.5, 0.6) is 0 Å². The lowest BCUT2D eigenvalue weighted by atomic mass is 9.87. The molecule has 0 heterocycles. The summed E-state index contributed by atoms with van der Waals surface area (Å²) < 4.78 is 0. The molecule has 0 rings (SSSR count). The van der Waals surface area contributed by atoms with Gasteiger partial charge in [-0.25, -0.2) is 0 Å². The van der Waals surface area contributed by atoms with Crippen molar-refractivity contribution in [2.75, 3.05) is 0 Å². The van der Waals surface area contributed by atoms with E-state index in [0.717, 1.165) is 0 Å². The SMILES string of the molecule is CCC(C)(C(N)=O)C(N)=S. The minimum Gasteiger partial charge on any atom is -0.392 e. The monoisotopic (exact) mass is 160 g/mol. The fourth-order valence-corrected chi connectivity index (χ4v) is 0.715. The number of nitrogens with two attached hydrogens (primary N) is 2. The van der Waals surface area contributed by atoms with E-state index in [9.17, 15) is 4.79 Å². The number of carbonyl (C=O) groups is 1. The van der Waals surface area contributed by atoms with E-state index in [4.69, 9.17) is 11.5 Å². The molecule has 0 saturated heterocycles. The second kappa shape index (κ2) is 2.96. The molecule has 4 N–H and O–H groups in total. The first-order chi connectivity index (χ1) is 4.45. The molecular formula is C6H12N2OS. The van der Waals surface area contributed by atoms with E-state index < -0.39 is 11.3 Å². The summed E-state index contributed by atoms with van der Waals surface area (Å²) in [7, 11) is 0. The highest BCUT2D eigenvalue weighted by atomic mass is 32.1. The Morgan fingerprint density at radius 2 is 2.00 bits per heavy atom. The molecule has 1 unspecified atom stereocenters. The summed E-state index contributed by atoms with van der Waals surface area (Å²) in [5.41, 5.74) is 9.58. The molecule has 0 aromatic rings. The zero-order valence-corrected chi connectivity index (χ0v) is 6.99. The van der Waals surface area contributed by atoms with Gasteiger partial charge in [-0.05, 0) is 13.3 Å². The van der Waals surface area contributed by atoms with Crippen LogP contribution in [0.4, 0.5) is 0 Å². The Balaban J connectivity index is 4.55. The topological polar surface area (TPSA) is 69.1 Å². The fourth-order valence-electron chi connectivity index (χ4n) is 0.470. The van der Waals surface area contributed by atoms with Crippen molar-refractivity contribution in [3.05, 3.63) is 0 Å². The van der Waals surface area contributed by atoms with E-state index in [1.165, 1.54) is 0 Å². The van der Waals surface area contributed by atoms with Crippen LogP contribution in [0, 0.1) is 5.41 Å². The Bertz CT molecular complexity index is 153. The smallest absolute Gasteiger partial charge is 0.230 e. The molecule has 10 heavy (non-hydrogen) atoms. The lowest BCUT2D eigenvalue weighted by molar-refractivity contribution is -0.123. The van der Waals surface area contributed by atoms with E-state index in [1.807, 2.05) is 6.92 Å². The maximum atomic E-state index is 10.7. The highest BCUT2D eigenvalue weighted by Gasteiger charge is 2.31. The molecule has 0 saturated carbocycles.